The van der Waals surface area contributed by atoms with Gasteiger partial charge in [-0.3, -0.25) is 4.99 Å². The van der Waals surface area contributed by atoms with Crippen LogP contribution in [0.15, 0.2) is 35.3 Å². The summed E-state index contributed by atoms with van der Waals surface area (Å²) in [7, 11) is 0. The van der Waals surface area contributed by atoms with Gasteiger partial charge in [-0.25, -0.2) is 0 Å². The van der Waals surface area contributed by atoms with Crippen LogP contribution < -0.4 is 0 Å². The first-order valence-electron chi connectivity index (χ1n) is 5.13. The Morgan fingerprint density at radius 2 is 1.79 bits per heavy atom. The number of nitrogens with zero attached hydrogens (tertiary/aromatic N) is 1. The molecule has 0 aromatic heterocycles. The van der Waals surface area contributed by atoms with Gasteiger partial charge in [0.1, 0.15) is 0 Å². The van der Waals surface area contributed by atoms with E-state index in [0.29, 0.717) is 0 Å². The summed E-state index contributed by atoms with van der Waals surface area (Å²) in [6.07, 6.45) is 4.19. The number of benzene rings is 1. The molecule has 0 saturated heterocycles. The van der Waals surface area contributed by atoms with Crippen LogP contribution >= 0.6 is 0 Å². The summed E-state index contributed by atoms with van der Waals surface area (Å²) >= 11 is 0. The van der Waals surface area contributed by atoms with Crippen molar-refractivity contribution in [3.63, 3.8) is 0 Å². The molecule has 0 radical (unpaired) electrons. The van der Waals surface area contributed by atoms with E-state index in [9.17, 15) is 0 Å². The molecule has 0 saturated carbocycles. The fraction of sp³-hybridized carbons (Fsp3) is 0.308. The Morgan fingerprint density at radius 3 is 2.57 bits per heavy atom. The van der Waals surface area contributed by atoms with Gasteiger partial charge in [-0.05, 0) is 24.1 Å². The van der Waals surface area contributed by atoms with Crippen LogP contribution in [-0.2, 0) is 6.54 Å². The van der Waals surface area contributed by atoms with Crippen molar-refractivity contribution in [3.8, 4) is 0 Å². The molecule has 1 aromatic carbocycles. The van der Waals surface area contributed by atoms with Gasteiger partial charge in [-0.15, -0.1) is 0 Å². The number of aliphatic imine (C=N–C) groups is 1. The molecule has 1 heterocycles. The predicted octanol–water partition coefficient (Wildman–Crippen LogP) is 3.70. The first kappa shape index (κ1) is 10.7. The van der Waals surface area contributed by atoms with Crippen LogP contribution in [0.1, 0.15) is 31.9 Å². The monoisotopic (exact) mass is 187 g/mol. The van der Waals surface area contributed by atoms with Crippen molar-refractivity contribution in [2.45, 2.75) is 27.3 Å². The Bertz CT molecular complexity index is 348. The largest absolute Gasteiger partial charge is 0.285 e. The highest BCUT2D eigenvalue weighted by Crippen LogP contribution is 2.14. The average Bonchev–Trinajstić information content (AvgIpc) is 2.45. The van der Waals surface area contributed by atoms with E-state index >= 15 is 0 Å². The van der Waals surface area contributed by atoms with Crippen molar-refractivity contribution < 1.29 is 0 Å². The van der Waals surface area contributed by atoms with E-state index < -0.39 is 0 Å². The molecule has 74 valence electrons. The minimum absolute atomic E-state index is 0.814. The van der Waals surface area contributed by atoms with Crippen LogP contribution in [0.4, 0.5) is 0 Å². The average molecular weight is 187 g/mol. The third-order valence-corrected chi connectivity index (χ3v) is 2.06. The molecular formula is C13H17N. The van der Waals surface area contributed by atoms with Gasteiger partial charge in [0, 0.05) is 5.71 Å². The van der Waals surface area contributed by atoms with Crippen molar-refractivity contribution in [1.82, 2.24) is 0 Å². The molecule has 0 bridgehead atoms. The lowest BCUT2D eigenvalue weighted by Gasteiger charge is -1.99. The van der Waals surface area contributed by atoms with Crippen LogP contribution in [0.3, 0.4) is 0 Å². The van der Waals surface area contributed by atoms with E-state index in [1.54, 1.807) is 0 Å². The third kappa shape index (κ3) is 2.56. The fourth-order valence-electron chi connectivity index (χ4n) is 1.31. The lowest BCUT2D eigenvalue weighted by atomic mass is 10.1. The Balaban J connectivity index is 0.000000461. The van der Waals surface area contributed by atoms with Crippen molar-refractivity contribution in [3.05, 3.63) is 41.5 Å². The highest BCUT2D eigenvalue weighted by Gasteiger charge is 2.00. The molecule has 1 aliphatic rings. The van der Waals surface area contributed by atoms with E-state index in [0.717, 1.165) is 12.3 Å². The Hall–Kier alpha value is -1.37. The van der Waals surface area contributed by atoms with Gasteiger partial charge in [-0.2, -0.15) is 0 Å². The highest BCUT2D eigenvalue weighted by atomic mass is 14.7. The molecule has 0 amide bonds. The van der Waals surface area contributed by atoms with Crippen LogP contribution in [0.25, 0.3) is 6.08 Å². The number of rotatable bonds is 0. The topological polar surface area (TPSA) is 12.4 Å². The minimum Gasteiger partial charge on any atom is -0.285 e. The Labute approximate surface area is 86.2 Å². The van der Waals surface area contributed by atoms with Gasteiger partial charge in [0.25, 0.3) is 0 Å². The fourth-order valence-corrected chi connectivity index (χ4v) is 1.31. The Morgan fingerprint density at radius 1 is 1.07 bits per heavy atom. The van der Waals surface area contributed by atoms with E-state index in [1.807, 2.05) is 20.8 Å². The second-order valence-corrected chi connectivity index (χ2v) is 2.99. The normalized spacial score (nSPS) is 13.2. The van der Waals surface area contributed by atoms with Crippen molar-refractivity contribution >= 4 is 11.8 Å². The molecule has 0 N–H and O–H groups in total. The summed E-state index contributed by atoms with van der Waals surface area (Å²) in [5.74, 6) is 0. The van der Waals surface area contributed by atoms with Gasteiger partial charge in [-0.1, -0.05) is 44.2 Å². The van der Waals surface area contributed by atoms with E-state index in [-0.39, 0.29) is 0 Å². The van der Waals surface area contributed by atoms with Crippen LogP contribution in [-0.4, -0.2) is 5.71 Å². The van der Waals surface area contributed by atoms with Crippen molar-refractivity contribution in [1.29, 1.82) is 0 Å². The second kappa shape index (κ2) is 5.38. The number of hydrogen-bond acceptors (Lipinski definition) is 1. The summed E-state index contributed by atoms with van der Waals surface area (Å²) in [6.45, 7) is 6.84. The molecule has 0 aliphatic carbocycles. The molecule has 1 nitrogen and oxygen atoms in total. The van der Waals surface area contributed by atoms with Gasteiger partial charge >= 0.3 is 0 Å². The molecular weight excluding hydrogens is 170 g/mol. The van der Waals surface area contributed by atoms with E-state index in [1.165, 1.54) is 11.1 Å². The first-order chi connectivity index (χ1) is 6.86. The molecule has 0 unspecified atom stereocenters. The first-order valence-corrected chi connectivity index (χ1v) is 5.13. The highest BCUT2D eigenvalue weighted by molar-refractivity contribution is 5.97. The second-order valence-electron chi connectivity index (χ2n) is 2.99. The number of hydrogen-bond donors (Lipinski definition) is 0. The molecule has 1 aliphatic heterocycles. The lowest BCUT2D eigenvalue weighted by molar-refractivity contribution is 1.07. The zero-order valence-electron chi connectivity index (χ0n) is 9.12. The van der Waals surface area contributed by atoms with Crippen LogP contribution in [0.5, 0.6) is 0 Å². The maximum atomic E-state index is 4.39. The maximum Gasteiger partial charge on any atom is 0.0648 e. The van der Waals surface area contributed by atoms with Gasteiger partial charge in [0.2, 0.25) is 0 Å². The van der Waals surface area contributed by atoms with Crippen molar-refractivity contribution in [2.24, 2.45) is 4.99 Å². The zero-order valence-corrected chi connectivity index (χ0v) is 9.12. The minimum atomic E-state index is 0.814. The zero-order chi connectivity index (χ0) is 10.4. The molecule has 0 spiro atoms. The molecule has 2 rings (SSSR count). The SMILES string of the molecule is CC.CC1=NCc2ccccc2C=C1. The van der Waals surface area contributed by atoms with Crippen LogP contribution in [0, 0.1) is 0 Å². The quantitative estimate of drug-likeness (QED) is 0.587. The summed E-state index contributed by atoms with van der Waals surface area (Å²) in [5.41, 5.74) is 3.70. The summed E-state index contributed by atoms with van der Waals surface area (Å²) in [4.78, 5) is 4.39. The summed E-state index contributed by atoms with van der Waals surface area (Å²) < 4.78 is 0. The molecule has 1 heteroatoms. The molecule has 0 atom stereocenters. The molecule has 0 fully saturated rings. The van der Waals surface area contributed by atoms with E-state index in [4.69, 9.17) is 0 Å². The smallest absolute Gasteiger partial charge is 0.0648 e. The lowest BCUT2D eigenvalue weighted by Crippen LogP contribution is -1.85. The number of allylic oxidation sites excluding steroid dienone is 1. The standard InChI is InChI=1S/C11H11N.C2H6/c1-9-6-7-10-4-2-3-5-11(10)8-12-9;1-2/h2-7H,8H2,1H3;1-2H3. The van der Waals surface area contributed by atoms with Gasteiger partial charge in [0.15, 0.2) is 0 Å². The van der Waals surface area contributed by atoms with Gasteiger partial charge in [0.05, 0.1) is 6.54 Å². The maximum absolute atomic E-state index is 4.39. The van der Waals surface area contributed by atoms with Crippen LogP contribution in [0.2, 0.25) is 0 Å². The van der Waals surface area contributed by atoms with Gasteiger partial charge < -0.3 is 0 Å². The van der Waals surface area contributed by atoms with E-state index in [2.05, 4.69) is 41.4 Å². The summed E-state index contributed by atoms with van der Waals surface area (Å²) in [5, 5.41) is 0. The third-order valence-electron chi connectivity index (χ3n) is 2.06. The number of fused-ring (bicyclic) bond motifs is 1. The summed E-state index contributed by atoms with van der Waals surface area (Å²) in [6, 6.07) is 8.37. The molecule has 14 heavy (non-hydrogen) atoms. The Kier molecular flexibility index (Phi) is 4.11. The molecule has 1 aromatic rings. The van der Waals surface area contributed by atoms with Crippen molar-refractivity contribution in [2.75, 3.05) is 0 Å². The predicted molar refractivity (Wildman–Crippen MR) is 63.6 cm³/mol.